The molecule has 1 aliphatic rings. The molecule has 1 aliphatic heterocycles. The molecule has 1 heterocycles. The van der Waals surface area contributed by atoms with Crippen molar-refractivity contribution >= 4 is 29.5 Å². The number of nitrogens with zero attached hydrogens (tertiary/aromatic N) is 2. The van der Waals surface area contributed by atoms with Crippen molar-refractivity contribution in [1.29, 1.82) is 0 Å². The second-order valence-electron chi connectivity index (χ2n) is 7.76. The molecule has 0 fully saturated rings. The summed E-state index contributed by atoms with van der Waals surface area (Å²) in [5.74, 6) is -1.56. The van der Waals surface area contributed by atoms with Crippen molar-refractivity contribution in [1.82, 2.24) is 20.4 Å². The van der Waals surface area contributed by atoms with Crippen molar-refractivity contribution in [3.63, 3.8) is 0 Å². The van der Waals surface area contributed by atoms with Crippen molar-refractivity contribution in [2.75, 3.05) is 27.2 Å². The maximum Gasteiger partial charge on any atom is 0.253 e. The Kier molecular flexibility index (Phi) is 13.8. The molecule has 0 aromatic heterocycles. The van der Waals surface area contributed by atoms with Crippen molar-refractivity contribution in [3.05, 3.63) is 12.2 Å². The third kappa shape index (κ3) is 10.2. The second kappa shape index (κ2) is 15.1. The van der Waals surface area contributed by atoms with Gasteiger partial charge in [0.05, 0.1) is 6.54 Å². The van der Waals surface area contributed by atoms with Gasteiger partial charge in [0.1, 0.15) is 6.04 Å². The highest BCUT2D eigenvalue weighted by molar-refractivity contribution is 6.12. The molecule has 176 valence electrons. The topological polar surface area (TPSA) is 116 Å². The first-order chi connectivity index (χ1) is 14.6. The molecular formula is C22H38N4O5. The van der Waals surface area contributed by atoms with Crippen LogP contribution in [0.15, 0.2) is 12.2 Å². The van der Waals surface area contributed by atoms with E-state index in [0.29, 0.717) is 25.8 Å². The van der Waals surface area contributed by atoms with E-state index in [0.717, 1.165) is 0 Å². The number of hydrogen-bond donors (Lipinski definition) is 2. The lowest BCUT2D eigenvalue weighted by molar-refractivity contribution is -0.141. The fraction of sp³-hybridized carbons (Fsp3) is 0.682. The van der Waals surface area contributed by atoms with Crippen molar-refractivity contribution in [2.45, 2.75) is 65.8 Å². The molecule has 0 spiro atoms. The molecule has 1 atom stereocenters. The van der Waals surface area contributed by atoms with Crippen LogP contribution in [-0.2, 0) is 24.0 Å². The molecule has 1 unspecified atom stereocenters. The molecule has 31 heavy (non-hydrogen) atoms. The van der Waals surface area contributed by atoms with E-state index >= 15 is 0 Å². The van der Waals surface area contributed by atoms with Gasteiger partial charge in [0.15, 0.2) is 0 Å². The fourth-order valence-electron chi connectivity index (χ4n) is 2.99. The van der Waals surface area contributed by atoms with Crippen molar-refractivity contribution < 1.29 is 24.0 Å². The van der Waals surface area contributed by atoms with Crippen LogP contribution in [-0.4, -0.2) is 72.6 Å². The van der Waals surface area contributed by atoms with Gasteiger partial charge in [0.25, 0.3) is 11.8 Å². The lowest BCUT2D eigenvalue weighted by Crippen LogP contribution is -2.52. The predicted octanol–water partition coefficient (Wildman–Crippen LogP) is 1.23. The van der Waals surface area contributed by atoms with E-state index in [-0.39, 0.29) is 48.4 Å². The van der Waals surface area contributed by atoms with Gasteiger partial charge in [-0.05, 0) is 18.8 Å². The third-order valence-corrected chi connectivity index (χ3v) is 4.59. The van der Waals surface area contributed by atoms with Crippen molar-refractivity contribution in [3.8, 4) is 0 Å². The summed E-state index contributed by atoms with van der Waals surface area (Å²) in [7, 11) is 3.07. The number of carbonyl (C=O) groups excluding carboxylic acids is 5. The Morgan fingerprint density at radius 2 is 1.58 bits per heavy atom. The SMILES string of the molecule is CCC.CNC(=O)CNC(=O)C(C(C)C)N(C)C(=O)CCCCCN1C(=O)C=CC1=O. The molecule has 0 aliphatic carbocycles. The van der Waals surface area contributed by atoms with E-state index in [1.807, 2.05) is 13.8 Å². The van der Waals surface area contributed by atoms with E-state index in [1.165, 1.54) is 35.4 Å². The first-order valence-electron chi connectivity index (χ1n) is 10.9. The van der Waals surface area contributed by atoms with Gasteiger partial charge in [-0.15, -0.1) is 0 Å². The molecule has 0 bridgehead atoms. The lowest BCUT2D eigenvalue weighted by Gasteiger charge is -2.30. The number of imide groups is 1. The van der Waals surface area contributed by atoms with Crippen LogP contribution in [0.3, 0.4) is 0 Å². The predicted molar refractivity (Wildman–Crippen MR) is 119 cm³/mol. The Morgan fingerprint density at radius 1 is 1.03 bits per heavy atom. The van der Waals surface area contributed by atoms with Crippen LogP contribution in [0.25, 0.3) is 0 Å². The summed E-state index contributed by atoms with van der Waals surface area (Å²) < 4.78 is 0. The minimum Gasteiger partial charge on any atom is -0.358 e. The first-order valence-corrected chi connectivity index (χ1v) is 10.9. The zero-order chi connectivity index (χ0) is 24.0. The Bertz CT molecular complexity index is 642. The number of nitrogens with one attached hydrogen (secondary N) is 2. The van der Waals surface area contributed by atoms with E-state index in [2.05, 4.69) is 24.5 Å². The standard InChI is InChI=1S/C19H30N4O5.C3H8/c1-13(2)18(19(28)21-12-14(24)20-3)22(4)15(25)8-6-5-7-11-23-16(26)9-10-17(23)27;1-3-2/h9-10,13,18H,5-8,11-12H2,1-4H3,(H,20,24)(H,21,28);3H2,1-2H3. The number of likely N-dealkylation sites (N-methyl/N-ethyl adjacent to an activating group) is 2. The summed E-state index contributed by atoms with van der Waals surface area (Å²) in [5.41, 5.74) is 0. The average Bonchev–Trinajstić information content (AvgIpc) is 3.03. The average molecular weight is 439 g/mol. The molecule has 2 N–H and O–H groups in total. The Balaban J connectivity index is 0.00000282. The Labute approximate surface area is 185 Å². The van der Waals surface area contributed by atoms with Gasteiger partial charge in [-0.25, -0.2) is 0 Å². The summed E-state index contributed by atoms with van der Waals surface area (Å²) in [6.07, 6.45) is 5.92. The maximum absolute atomic E-state index is 12.4. The van der Waals surface area contributed by atoms with Gasteiger partial charge < -0.3 is 15.5 Å². The van der Waals surface area contributed by atoms with Crippen LogP contribution in [0.5, 0.6) is 0 Å². The molecule has 5 amide bonds. The van der Waals surface area contributed by atoms with Gasteiger partial charge in [-0.2, -0.15) is 0 Å². The highest BCUT2D eigenvalue weighted by atomic mass is 16.2. The largest absolute Gasteiger partial charge is 0.358 e. The zero-order valence-electron chi connectivity index (χ0n) is 19.7. The smallest absolute Gasteiger partial charge is 0.253 e. The second-order valence-corrected chi connectivity index (χ2v) is 7.76. The Hall–Kier alpha value is -2.71. The molecule has 0 aromatic carbocycles. The molecule has 9 nitrogen and oxygen atoms in total. The van der Waals surface area contributed by atoms with Crippen LogP contribution in [0.1, 0.15) is 59.8 Å². The van der Waals surface area contributed by atoms with E-state index in [9.17, 15) is 24.0 Å². The van der Waals surface area contributed by atoms with Gasteiger partial charge in [-0.1, -0.05) is 40.5 Å². The third-order valence-electron chi connectivity index (χ3n) is 4.59. The molecule has 1 rings (SSSR count). The minimum atomic E-state index is -0.664. The number of amides is 5. The van der Waals surface area contributed by atoms with Crippen molar-refractivity contribution in [2.24, 2.45) is 5.92 Å². The quantitative estimate of drug-likeness (QED) is 0.372. The van der Waals surface area contributed by atoms with Gasteiger partial charge in [-0.3, -0.25) is 28.9 Å². The minimum absolute atomic E-state index is 0.113. The van der Waals surface area contributed by atoms with Crippen LogP contribution >= 0.6 is 0 Å². The summed E-state index contributed by atoms with van der Waals surface area (Å²) >= 11 is 0. The molecular weight excluding hydrogens is 400 g/mol. The normalized spacial score (nSPS) is 13.6. The van der Waals surface area contributed by atoms with Gasteiger partial charge >= 0.3 is 0 Å². The lowest BCUT2D eigenvalue weighted by atomic mass is 10.0. The molecule has 9 heteroatoms. The number of hydrogen-bond acceptors (Lipinski definition) is 5. The zero-order valence-corrected chi connectivity index (χ0v) is 19.7. The molecule has 0 saturated heterocycles. The molecule has 0 aromatic rings. The summed E-state index contributed by atoms with van der Waals surface area (Å²) in [5, 5.41) is 4.97. The molecule has 0 saturated carbocycles. The Morgan fingerprint density at radius 3 is 2.06 bits per heavy atom. The highest BCUT2D eigenvalue weighted by Crippen LogP contribution is 2.13. The first kappa shape index (κ1) is 28.3. The highest BCUT2D eigenvalue weighted by Gasteiger charge is 2.29. The van der Waals surface area contributed by atoms with Gasteiger partial charge in [0, 0.05) is 39.2 Å². The summed E-state index contributed by atoms with van der Waals surface area (Å²) in [6.45, 7) is 8.13. The van der Waals surface area contributed by atoms with E-state index < -0.39 is 6.04 Å². The number of rotatable bonds is 11. The summed E-state index contributed by atoms with van der Waals surface area (Å²) in [4.78, 5) is 61.6. The number of unbranched alkanes of at least 4 members (excludes halogenated alkanes) is 2. The van der Waals surface area contributed by atoms with Crippen LogP contribution in [0, 0.1) is 5.92 Å². The van der Waals surface area contributed by atoms with Crippen LogP contribution in [0.4, 0.5) is 0 Å². The van der Waals surface area contributed by atoms with E-state index in [4.69, 9.17) is 0 Å². The monoisotopic (exact) mass is 438 g/mol. The van der Waals surface area contributed by atoms with E-state index in [1.54, 1.807) is 7.05 Å². The summed E-state index contributed by atoms with van der Waals surface area (Å²) in [6, 6.07) is -0.664. The van der Waals surface area contributed by atoms with Crippen LogP contribution < -0.4 is 10.6 Å². The van der Waals surface area contributed by atoms with Gasteiger partial charge in [0.2, 0.25) is 17.7 Å². The molecule has 0 radical (unpaired) electrons. The van der Waals surface area contributed by atoms with Crippen LogP contribution in [0.2, 0.25) is 0 Å². The number of carbonyl (C=O) groups is 5. The maximum atomic E-state index is 12.4. The fourth-order valence-corrected chi connectivity index (χ4v) is 2.99.